The summed E-state index contributed by atoms with van der Waals surface area (Å²) in [6, 6.07) is 10.0. The lowest BCUT2D eigenvalue weighted by Crippen LogP contribution is -2.56. The number of aliphatic carboxylic acids is 1. The third-order valence-corrected chi connectivity index (χ3v) is 4.76. The zero-order valence-electron chi connectivity index (χ0n) is 11.3. The van der Waals surface area contributed by atoms with Crippen molar-refractivity contribution < 1.29 is 9.90 Å². The second-order valence-corrected chi connectivity index (χ2v) is 6.13. The number of nitrogens with one attached hydrogen (secondary N) is 1. The lowest BCUT2D eigenvalue weighted by Gasteiger charge is -2.30. The van der Waals surface area contributed by atoms with Crippen molar-refractivity contribution in [3.05, 3.63) is 30.3 Å². The predicted molar refractivity (Wildman–Crippen MR) is 78.6 cm³/mol. The fraction of sp³-hybridized carbons (Fsp3) is 0.533. The summed E-state index contributed by atoms with van der Waals surface area (Å²) in [6.45, 7) is 2.83. The summed E-state index contributed by atoms with van der Waals surface area (Å²) in [4.78, 5) is 12.9. The Morgan fingerprint density at radius 2 is 2.11 bits per heavy atom. The highest BCUT2D eigenvalue weighted by Crippen LogP contribution is 2.42. The lowest BCUT2D eigenvalue weighted by atomic mass is 9.95. The molecule has 2 N–H and O–H groups in total. The van der Waals surface area contributed by atoms with Crippen molar-refractivity contribution >= 4 is 17.7 Å². The van der Waals surface area contributed by atoms with E-state index in [9.17, 15) is 9.90 Å². The third kappa shape index (κ3) is 3.51. The fourth-order valence-corrected chi connectivity index (χ4v) is 3.47. The van der Waals surface area contributed by atoms with Gasteiger partial charge in [-0.25, -0.2) is 0 Å². The van der Waals surface area contributed by atoms with Crippen LogP contribution in [-0.4, -0.2) is 28.9 Å². The number of carbonyl (C=O) groups is 1. The molecule has 104 valence electrons. The molecule has 0 aromatic heterocycles. The van der Waals surface area contributed by atoms with Crippen molar-refractivity contribution in [1.82, 2.24) is 5.32 Å². The molecule has 0 bridgehead atoms. The Hall–Kier alpha value is -1.00. The van der Waals surface area contributed by atoms with Gasteiger partial charge < -0.3 is 10.4 Å². The van der Waals surface area contributed by atoms with E-state index in [0.717, 1.165) is 30.7 Å². The molecule has 3 nitrogen and oxygen atoms in total. The van der Waals surface area contributed by atoms with Crippen LogP contribution in [0.5, 0.6) is 0 Å². The van der Waals surface area contributed by atoms with Crippen molar-refractivity contribution in [3.63, 3.8) is 0 Å². The van der Waals surface area contributed by atoms with Gasteiger partial charge in [0.05, 0.1) is 0 Å². The molecule has 1 aromatic rings. The summed E-state index contributed by atoms with van der Waals surface area (Å²) in [6.07, 6.45) is 3.01. The van der Waals surface area contributed by atoms with Crippen LogP contribution in [0.2, 0.25) is 0 Å². The minimum absolute atomic E-state index is 0.285. The SMILES string of the molecule is CCCNC(CSc1ccccc1)(C(=O)O)C1CC1. The first-order valence-corrected chi connectivity index (χ1v) is 7.84. The lowest BCUT2D eigenvalue weighted by molar-refractivity contribution is -0.144. The van der Waals surface area contributed by atoms with Crippen LogP contribution >= 0.6 is 11.8 Å². The Bertz CT molecular complexity index is 419. The average molecular weight is 279 g/mol. The second kappa shape index (κ2) is 6.44. The maximum Gasteiger partial charge on any atom is 0.325 e. The molecule has 0 saturated heterocycles. The highest BCUT2D eigenvalue weighted by molar-refractivity contribution is 7.99. The molecule has 2 rings (SSSR count). The average Bonchev–Trinajstić information content (AvgIpc) is 3.25. The van der Waals surface area contributed by atoms with E-state index in [2.05, 4.69) is 12.2 Å². The van der Waals surface area contributed by atoms with Gasteiger partial charge in [-0.05, 0) is 43.9 Å². The summed E-state index contributed by atoms with van der Waals surface area (Å²) >= 11 is 1.63. The first-order chi connectivity index (χ1) is 9.19. The molecule has 1 unspecified atom stereocenters. The van der Waals surface area contributed by atoms with E-state index in [1.807, 2.05) is 30.3 Å². The zero-order chi connectivity index (χ0) is 13.7. The number of carboxylic acids is 1. The number of carboxylic acid groups (broad SMARTS) is 1. The van der Waals surface area contributed by atoms with Crippen molar-refractivity contribution in [1.29, 1.82) is 0 Å². The number of hydrogen-bond donors (Lipinski definition) is 2. The maximum atomic E-state index is 11.8. The van der Waals surface area contributed by atoms with Gasteiger partial charge in [-0.15, -0.1) is 11.8 Å². The van der Waals surface area contributed by atoms with E-state index in [4.69, 9.17) is 0 Å². The number of thioether (sulfide) groups is 1. The predicted octanol–water partition coefficient (Wildman–Crippen LogP) is 3.01. The molecule has 0 spiro atoms. The van der Waals surface area contributed by atoms with Gasteiger partial charge in [-0.3, -0.25) is 4.79 Å². The van der Waals surface area contributed by atoms with Gasteiger partial charge in [0.2, 0.25) is 0 Å². The molecule has 0 aliphatic heterocycles. The Balaban J connectivity index is 2.06. The van der Waals surface area contributed by atoms with E-state index in [0.29, 0.717) is 5.75 Å². The molecular weight excluding hydrogens is 258 g/mol. The smallest absolute Gasteiger partial charge is 0.325 e. The summed E-state index contributed by atoms with van der Waals surface area (Å²) in [5, 5.41) is 13.0. The van der Waals surface area contributed by atoms with Crippen LogP contribution in [0.1, 0.15) is 26.2 Å². The van der Waals surface area contributed by atoms with E-state index >= 15 is 0 Å². The molecule has 19 heavy (non-hydrogen) atoms. The summed E-state index contributed by atoms with van der Waals surface area (Å²) in [5.41, 5.74) is -0.753. The molecule has 0 radical (unpaired) electrons. The molecule has 4 heteroatoms. The minimum atomic E-state index is -0.753. The van der Waals surface area contributed by atoms with Gasteiger partial charge in [0.1, 0.15) is 5.54 Å². The van der Waals surface area contributed by atoms with Gasteiger partial charge in [0.25, 0.3) is 0 Å². The highest BCUT2D eigenvalue weighted by Gasteiger charge is 2.50. The van der Waals surface area contributed by atoms with Crippen molar-refractivity contribution in [2.45, 2.75) is 36.6 Å². The molecule has 1 aliphatic carbocycles. The Morgan fingerprint density at radius 3 is 2.63 bits per heavy atom. The third-order valence-electron chi connectivity index (χ3n) is 3.56. The van der Waals surface area contributed by atoms with Crippen LogP contribution in [0.3, 0.4) is 0 Å². The molecule has 1 aliphatic rings. The minimum Gasteiger partial charge on any atom is -0.480 e. The molecule has 0 heterocycles. The topological polar surface area (TPSA) is 49.3 Å². The summed E-state index contributed by atoms with van der Waals surface area (Å²) < 4.78 is 0. The molecule has 1 atom stereocenters. The van der Waals surface area contributed by atoms with Gasteiger partial charge in [-0.2, -0.15) is 0 Å². The van der Waals surface area contributed by atoms with Crippen LogP contribution in [0.4, 0.5) is 0 Å². The standard InChI is InChI=1S/C15H21NO2S/c1-2-10-16-15(14(17)18,12-8-9-12)11-19-13-6-4-3-5-7-13/h3-7,12,16H,2,8-11H2,1H3,(H,17,18). The molecule has 0 amide bonds. The van der Waals surface area contributed by atoms with Gasteiger partial charge >= 0.3 is 5.97 Å². The first kappa shape index (κ1) is 14.4. The van der Waals surface area contributed by atoms with Crippen LogP contribution in [0, 0.1) is 5.92 Å². The zero-order valence-corrected chi connectivity index (χ0v) is 12.1. The normalized spacial score (nSPS) is 17.9. The largest absolute Gasteiger partial charge is 0.480 e. The van der Waals surface area contributed by atoms with E-state index < -0.39 is 11.5 Å². The van der Waals surface area contributed by atoms with E-state index in [1.165, 1.54) is 0 Å². The van der Waals surface area contributed by atoms with Gasteiger partial charge in [0, 0.05) is 10.6 Å². The quantitative estimate of drug-likeness (QED) is 0.718. The Labute approximate surface area is 118 Å². The number of hydrogen-bond acceptors (Lipinski definition) is 3. The Kier molecular flexibility index (Phi) is 4.88. The number of benzene rings is 1. The van der Waals surface area contributed by atoms with E-state index in [1.54, 1.807) is 11.8 Å². The van der Waals surface area contributed by atoms with Crippen LogP contribution in [-0.2, 0) is 4.79 Å². The highest BCUT2D eigenvalue weighted by atomic mass is 32.2. The van der Waals surface area contributed by atoms with Crippen molar-refractivity contribution in [3.8, 4) is 0 Å². The molecular formula is C15H21NO2S. The summed E-state index contributed by atoms with van der Waals surface area (Å²) in [7, 11) is 0. The van der Waals surface area contributed by atoms with Crippen LogP contribution in [0.25, 0.3) is 0 Å². The van der Waals surface area contributed by atoms with Crippen molar-refractivity contribution in [2.24, 2.45) is 5.92 Å². The van der Waals surface area contributed by atoms with Crippen LogP contribution < -0.4 is 5.32 Å². The van der Waals surface area contributed by atoms with Gasteiger partial charge in [0.15, 0.2) is 0 Å². The van der Waals surface area contributed by atoms with Crippen LogP contribution in [0.15, 0.2) is 35.2 Å². The number of rotatable bonds is 8. The summed E-state index contributed by atoms with van der Waals surface area (Å²) in [5.74, 6) is 0.177. The monoisotopic (exact) mass is 279 g/mol. The Morgan fingerprint density at radius 1 is 1.42 bits per heavy atom. The van der Waals surface area contributed by atoms with Gasteiger partial charge in [-0.1, -0.05) is 25.1 Å². The second-order valence-electron chi connectivity index (χ2n) is 5.08. The van der Waals surface area contributed by atoms with Crippen molar-refractivity contribution in [2.75, 3.05) is 12.3 Å². The molecule has 1 saturated carbocycles. The first-order valence-electron chi connectivity index (χ1n) is 6.85. The fourth-order valence-electron chi connectivity index (χ4n) is 2.26. The molecule has 1 fully saturated rings. The maximum absolute atomic E-state index is 11.8. The molecule has 1 aromatic carbocycles. The van der Waals surface area contributed by atoms with E-state index in [-0.39, 0.29) is 5.92 Å².